The Morgan fingerprint density at radius 1 is 0.778 bits per heavy atom. The van der Waals surface area contributed by atoms with E-state index in [1.807, 2.05) is 62.4 Å². The van der Waals surface area contributed by atoms with Gasteiger partial charge in [0.15, 0.2) is 0 Å². The van der Waals surface area contributed by atoms with E-state index < -0.39 is 0 Å². The highest BCUT2D eigenvalue weighted by Gasteiger charge is 2.09. The Morgan fingerprint density at radius 2 is 1.41 bits per heavy atom. The van der Waals surface area contributed by atoms with Gasteiger partial charge in [-0.1, -0.05) is 48.0 Å². The molecule has 0 bridgehead atoms. The van der Waals surface area contributed by atoms with E-state index in [4.69, 9.17) is 0 Å². The van der Waals surface area contributed by atoms with Crippen LogP contribution in [0.5, 0.6) is 0 Å². The number of amides is 2. The quantitative estimate of drug-likeness (QED) is 0.692. The van der Waals surface area contributed by atoms with E-state index in [0.717, 1.165) is 16.7 Å². The monoisotopic (exact) mass is 358 g/mol. The van der Waals surface area contributed by atoms with Crippen LogP contribution in [0.15, 0.2) is 72.8 Å². The zero-order valence-corrected chi connectivity index (χ0v) is 15.5. The molecule has 0 unspecified atom stereocenters. The molecule has 0 spiro atoms. The summed E-state index contributed by atoms with van der Waals surface area (Å²) >= 11 is 0. The van der Waals surface area contributed by atoms with Crippen LogP contribution >= 0.6 is 0 Å². The van der Waals surface area contributed by atoms with Crippen LogP contribution in [0.3, 0.4) is 0 Å². The molecule has 0 atom stereocenters. The number of carbonyl (C=O) groups is 2. The summed E-state index contributed by atoms with van der Waals surface area (Å²) in [5, 5.41) is 5.75. The molecule has 3 aromatic carbocycles. The van der Waals surface area contributed by atoms with Crippen LogP contribution in [-0.4, -0.2) is 11.8 Å². The van der Waals surface area contributed by atoms with Crippen LogP contribution in [0.1, 0.15) is 27.0 Å². The van der Waals surface area contributed by atoms with Crippen molar-refractivity contribution in [2.75, 3.05) is 10.6 Å². The van der Waals surface area contributed by atoms with Gasteiger partial charge in [-0.15, -0.1) is 0 Å². The van der Waals surface area contributed by atoms with Gasteiger partial charge in [0.05, 0.1) is 6.42 Å². The van der Waals surface area contributed by atoms with Crippen LogP contribution in [0.2, 0.25) is 0 Å². The minimum Gasteiger partial charge on any atom is -0.326 e. The molecule has 0 aliphatic carbocycles. The van der Waals surface area contributed by atoms with Gasteiger partial charge in [0.25, 0.3) is 5.91 Å². The fourth-order valence-electron chi connectivity index (χ4n) is 2.89. The van der Waals surface area contributed by atoms with E-state index in [9.17, 15) is 9.59 Å². The second kappa shape index (κ2) is 8.32. The summed E-state index contributed by atoms with van der Waals surface area (Å²) in [6.45, 7) is 3.92. The number of rotatable bonds is 5. The van der Waals surface area contributed by atoms with Crippen LogP contribution in [-0.2, 0) is 11.2 Å². The highest BCUT2D eigenvalue weighted by atomic mass is 16.2. The molecule has 3 rings (SSSR count). The summed E-state index contributed by atoms with van der Waals surface area (Å²) in [5.41, 5.74) is 5.06. The molecule has 0 saturated carbocycles. The normalized spacial score (nSPS) is 10.3. The van der Waals surface area contributed by atoms with E-state index in [1.165, 1.54) is 0 Å². The smallest absolute Gasteiger partial charge is 0.255 e. The van der Waals surface area contributed by atoms with E-state index in [2.05, 4.69) is 10.6 Å². The lowest BCUT2D eigenvalue weighted by atomic mass is 10.1. The first-order chi connectivity index (χ1) is 13.0. The fraction of sp³-hybridized carbons (Fsp3) is 0.130. The van der Waals surface area contributed by atoms with Gasteiger partial charge in [-0.2, -0.15) is 0 Å². The molecule has 136 valence electrons. The molecule has 0 fully saturated rings. The second-order valence-corrected chi connectivity index (χ2v) is 6.56. The van der Waals surface area contributed by atoms with Gasteiger partial charge in [0.2, 0.25) is 5.91 Å². The molecule has 0 radical (unpaired) electrons. The van der Waals surface area contributed by atoms with Gasteiger partial charge in [-0.05, 0) is 55.3 Å². The Hall–Kier alpha value is -3.40. The first-order valence-electron chi connectivity index (χ1n) is 8.84. The van der Waals surface area contributed by atoms with Gasteiger partial charge in [-0.3, -0.25) is 9.59 Å². The lowest BCUT2D eigenvalue weighted by Gasteiger charge is -2.10. The molecule has 0 heterocycles. The number of anilines is 2. The van der Waals surface area contributed by atoms with Crippen LogP contribution in [0.4, 0.5) is 11.4 Å². The second-order valence-electron chi connectivity index (χ2n) is 6.56. The summed E-state index contributed by atoms with van der Waals surface area (Å²) < 4.78 is 0. The Balaban J connectivity index is 1.60. The Bertz CT molecular complexity index is 948. The van der Waals surface area contributed by atoms with E-state index in [0.29, 0.717) is 23.4 Å². The lowest BCUT2D eigenvalue weighted by Crippen LogP contribution is -2.15. The largest absolute Gasteiger partial charge is 0.326 e. The Kier molecular flexibility index (Phi) is 5.67. The maximum absolute atomic E-state index is 12.4. The minimum absolute atomic E-state index is 0.0757. The van der Waals surface area contributed by atoms with Gasteiger partial charge in [-0.25, -0.2) is 0 Å². The fourth-order valence-corrected chi connectivity index (χ4v) is 2.89. The van der Waals surface area contributed by atoms with Gasteiger partial charge in [0.1, 0.15) is 0 Å². The summed E-state index contributed by atoms with van der Waals surface area (Å²) in [6, 6.07) is 22.4. The van der Waals surface area contributed by atoms with Crippen molar-refractivity contribution in [2.24, 2.45) is 0 Å². The maximum Gasteiger partial charge on any atom is 0.255 e. The molecule has 4 nitrogen and oxygen atoms in total. The van der Waals surface area contributed by atoms with E-state index in [-0.39, 0.29) is 11.8 Å². The summed E-state index contributed by atoms with van der Waals surface area (Å²) in [6.07, 6.45) is 0.325. The number of carbonyl (C=O) groups excluding carboxylic acids is 2. The average molecular weight is 358 g/mol. The van der Waals surface area contributed by atoms with Crippen molar-refractivity contribution in [3.05, 3.63) is 95.1 Å². The van der Waals surface area contributed by atoms with E-state index >= 15 is 0 Å². The number of hydrogen-bond donors (Lipinski definition) is 2. The first kappa shape index (κ1) is 18.4. The summed E-state index contributed by atoms with van der Waals surface area (Å²) in [7, 11) is 0. The predicted octanol–water partition coefficient (Wildman–Crippen LogP) is 4.74. The molecule has 2 amide bonds. The molecule has 0 saturated heterocycles. The van der Waals surface area contributed by atoms with Crippen molar-refractivity contribution in [1.29, 1.82) is 0 Å². The third-order valence-corrected chi connectivity index (χ3v) is 4.26. The zero-order chi connectivity index (χ0) is 19.2. The first-order valence-corrected chi connectivity index (χ1v) is 8.84. The molecule has 4 heteroatoms. The molecule has 2 N–H and O–H groups in total. The molecule has 27 heavy (non-hydrogen) atoms. The molecule has 3 aromatic rings. The van der Waals surface area contributed by atoms with Crippen molar-refractivity contribution in [3.8, 4) is 0 Å². The van der Waals surface area contributed by atoms with Crippen LogP contribution < -0.4 is 10.6 Å². The third kappa shape index (κ3) is 5.05. The van der Waals surface area contributed by atoms with Crippen LogP contribution in [0, 0.1) is 13.8 Å². The van der Waals surface area contributed by atoms with Gasteiger partial charge in [0, 0.05) is 16.9 Å². The average Bonchev–Trinajstić information content (AvgIpc) is 2.64. The maximum atomic E-state index is 12.4. The van der Waals surface area contributed by atoms with E-state index in [1.54, 1.807) is 24.3 Å². The third-order valence-electron chi connectivity index (χ3n) is 4.26. The number of nitrogens with one attached hydrogen (secondary N) is 2. The highest BCUT2D eigenvalue weighted by molar-refractivity contribution is 6.05. The Labute approximate surface area is 159 Å². The molecular weight excluding hydrogens is 336 g/mol. The molecule has 0 aliphatic rings. The van der Waals surface area contributed by atoms with Crippen LogP contribution in [0.25, 0.3) is 0 Å². The Morgan fingerprint density at radius 3 is 2.04 bits per heavy atom. The lowest BCUT2D eigenvalue weighted by molar-refractivity contribution is -0.115. The predicted molar refractivity (Wildman–Crippen MR) is 109 cm³/mol. The number of aryl methyl sites for hydroxylation is 2. The van der Waals surface area contributed by atoms with Crippen molar-refractivity contribution < 1.29 is 9.59 Å². The SMILES string of the molecule is Cc1ccc(C(=O)Nc2ccc(NC(=O)Cc3ccccc3)cc2)c(C)c1. The molecular formula is C23H22N2O2. The van der Waals surface area contributed by atoms with Gasteiger partial charge < -0.3 is 10.6 Å². The minimum atomic E-state index is -0.145. The number of hydrogen-bond acceptors (Lipinski definition) is 2. The standard InChI is InChI=1S/C23H22N2O2/c1-16-8-13-21(17(2)14-16)23(27)25-20-11-9-19(10-12-20)24-22(26)15-18-6-4-3-5-7-18/h3-14H,15H2,1-2H3,(H,24,26)(H,25,27). The molecule has 0 aromatic heterocycles. The van der Waals surface area contributed by atoms with Crippen molar-refractivity contribution in [2.45, 2.75) is 20.3 Å². The number of benzene rings is 3. The van der Waals surface area contributed by atoms with Crippen molar-refractivity contribution in [1.82, 2.24) is 0 Å². The van der Waals surface area contributed by atoms with Gasteiger partial charge >= 0.3 is 0 Å². The zero-order valence-electron chi connectivity index (χ0n) is 15.5. The molecule has 0 aliphatic heterocycles. The van der Waals surface area contributed by atoms with Crippen molar-refractivity contribution >= 4 is 23.2 Å². The van der Waals surface area contributed by atoms with Crippen molar-refractivity contribution in [3.63, 3.8) is 0 Å². The highest BCUT2D eigenvalue weighted by Crippen LogP contribution is 2.17. The topological polar surface area (TPSA) is 58.2 Å². The summed E-state index contributed by atoms with van der Waals surface area (Å²) in [5.74, 6) is -0.221. The summed E-state index contributed by atoms with van der Waals surface area (Å²) in [4.78, 5) is 24.5.